The predicted molar refractivity (Wildman–Crippen MR) is 245 cm³/mol. The van der Waals surface area contributed by atoms with Crippen LogP contribution in [0.3, 0.4) is 0 Å². The topological polar surface area (TPSA) is 85.5 Å². The van der Waals surface area contributed by atoms with E-state index in [-0.39, 0.29) is 0 Å². The van der Waals surface area contributed by atoms with E-state index < -0.39 is 0 Å². The summed E-state index contributed by atoms with van der Waals surface area (Å²) in [7, 11) is 0. The summed E-state index contributed by atoms with van der Waals surface area (Å²) in [6.07, 6.45) is 0. The summed E-state index contributed by atoms with van der Waals surface area (Å²) < 4.78 is 31.2. The molecule has 0 spiro atoms. The van der Waals surface area contributed by atoms with Crippen LogP contribution in [0.5, 0.6) is 0 Å². The average Bonchev–Trinajstić information content (AvgIpc) is 4.14. The molecular formula is C48H28N8S3. The molecule has 0 fully saturated rings. The highest BCUT2D eigenvalue weighted by Crippen LogP contribution is 2.46. The van der Waals surface area contributed by atoms with Gasteiger partial charge in [-0.25, -0.2) is 0 Å². The molecule has 0 saturated carbocycles. The Morgan fingerprint density at radius 2 is 0.898 bits per heavy atom. The highest BCUT2D eigenvalue weighted by molar-refractivity contribution is 7.00. The van der Waals surface area contributed by atoms with Crippen LogP contribution in [0.25, 0.3) is 94.0 Å². The van der Waals surface area contributed by atoms with Crippen molar-refractivity contribution >= 4 is 107 Å². The van der Waals surface area contributed by atoms with E-state index in [4.69, 9.17) is 21.9 Å². The molecule has 0 atom stereocenters. The lowest BCUT2D eigenvalue weighted by molar-refractivity contribution is 1.18. The lowest BCUT2D eigenvalue weighted by Crippen LogP contribution is -2.12. The second-order valence-electron chi connectivity index (χ2n) is 14.3. The highest BCUT2D eigenvalue weighted by atomic mass is 32.1. The maximum absolute atomic E-state index is 4.94. The monoisotopic (exact) mass is 812 g/mol. The van der Waals surface area contributed by atoms with Crippen molar-refractivity contribution in [1.82, 2.24) is 30.8 Å². The van der Waals surface area contributed by atoms with E-state index in [0.29, 0.717) is 0 Å². The summed E-state index contributed by atoms with van der Waals surface area (Å²) in [5, 5.41) is 2.48. The molecule has 4 aromatic heterocycles. The van der Waals surface area contributed by atoms with Crippen molar-refractivity contribution in [2.24, 2.45) is 0 Å². The molecule has 0 amide bonds. The van der Waals surface area contributed by atoms with Crippen molar-refractivity contribution in [2.45, 2.75) is 0 Å². The van der Waals surface area contributed by atoms with Crippen molar-refractivity contribution in [2.75, 3.05) is 4.90 Å². The summed E-state index contributed by atoms with van der Waals surface area (Å²) in [4.78, 5) is 2.20. The largest absolute Gasteiger partial charge is 0.309 e. The standard InChI is InChI=1S/C48H28N8S3/c1-3-10-30(11-4-1)34-24-26-41(47-44(34)50-58-53-47)56(40-17-9-15-38-46(40)52-57-49-38)42-27-25-35(45-48(42)54-59-51-45)31-20-18-29(19-21-31)32-22-23-37-36-14-7-8-16-39(36)55(43(37)28-32)33-12-5-2-6-13-33/h1-28H. The van der Waals surface area contributed by atoms with Crippen LogP contribution in [-0.2, 0) is 0 Å². The van der Waals surface area contributed by atoms with Gasteiger partial charge in [-0.05, 0) is 82.9 Å². The zero-order valence-electron chi connectivity index (χ0n) is 31.0. The Hall–Kier alpha value is -7.18. The fourth-order valence-electron chi connectivity index (χ4n) is 8.36. The summed E-state index contributed by atoms with van der Waals surface area (Å²) in [6, 6.07) is 59.7. The van der Waals surface area contributed by atoms with Gasteiger partial charge >= 0.3 is 0 Å². The Balaban J connectivity index is 0.973. The van der Waals surface area contributed by atoms with E-state index in [1.54, 1.807) is 0 Å². The van der Waals surface area contributed by atoms with Crippen LogP contribution in [0.4, 0.5) is 17.1 Å². The van der Waals surface area contributed by atoms with Crippen LogP contribution in [0, 0.1) is 0 Å². The Labute approximate surface area is 349 Å². The Kier molecular flexibility index (Phi) is 7.90. The molecule has 8 nitrogen and oxygen atoms in total. The minimum Gasteiger partial charge on any atom is -0.309 e. The number of para-hydroxylation sites is 2. The van der Waals surface area contributed by atoms with Gasteiger partial charge < -0.3 is 9.47 Å². The predicted octanol–water partition coefficient (Wildman–Crippen LogP) is 13.3. The normalized spacial score (nSPS) is 11.7. The number of rotatable bonds is 7. The Morgan fingerprint density at radius 3 is 1.63 bits per heavy atom. The highest BCUT2D eigenvalue weighted by Gasteiger charge is 2.26. The van der Waals surface area contributed by atoms with Crippen molar-refractivity contribution in [3.05, 3.63) is 170 Å². The van der Waals surface area contributed by atoms with Gasteiger partial charge in [-0.2, -0.15) is 26.2 Å². The minimum absolute atomic E-state index is 0.791. The molecule has 59 heavy (non-hydrogen) atoms. The van der Waals surface area contributed by atoms with Gasteiger partial charge in [-0.3, -0.25) is 0 Å². The number of benzene rings is 8. The number of aromatic nitrogens is 7. The van der Waals surface area contributed by atoms with Gasteiger partial charge in [0.05, 0.1) is 63.3 Å². The number of fused-ring (bicyclic) bond motifs is 6. The third kappa shape index (κ3) is 5.47. The van der Waals surface area contributed by atoms with Gasteiger partial charge in [-0.1, -0.05) is 109 Å². The number of nitrogens with zero attached hydrogens (tertiary/aromatic N) is 8. The van der Waals surface area contributed by atoms with Crippen LogP contribution < -0.4 is 4.90 Å². The van der Waals surface area contributed by atoms with Crippen LogP contribution in [0.15, 0.2) is 170 Å². The van der Waals surface area contributed by atoms with Gasteiger partial charge in [0.25, 0.3) is 0 Å². The number of anilines is 3. The van der Waals surface area contributed by atoms with Crippen LogP contribution in [0.1, 0.15) is 0 Å². The summed E-state index contributed by atoms with van der Waals surface area (Å²) in [6.45, 7) is 0. The molecule has 12 aromatic rings. The van der Waals surface area contributed by atoms with E-state index in [0.717, 1.165) is 89.2 Å². The molecule has 0 aliphatic heterocycles. The molecule has 0 N–H and O–H groups in total. The minimum atomic E-state index is 0.791. The quantitative estimate of drug-likeness (QED) is 0.158. The molecule has 0 aliphatic rings. The second kappa shape index (κ2) is 13.7. The van der Waals surface area contributed by atoms with Crippen LogP contribution in [-0.4, -0.2) is 30.8 Å². The maximum atomic E-state index is 4.94. The fourth-order valence-corrected chi connectivity index (χ4v) is 10.0. The molecular weight excluding hydrogens is 785 g/mol. The molecule has 8 aromatic carbocycles. The fraction of sp³-hybridized carbons (Fsp3) is 0. The zero-order chi connectivity index (χ0) is 38.9. The van der Waals surface area contributed by atoms with E-state index >= 15 is 0 Å². The first-order valence-corrected chi connectivity index (χ1v) is 21.2. The molecule has 0 bridgehead atoms. The molecule has 278 valence electrons. The van der Waals surface area contributed by atoms with E-state index in [1.165, 1.54) is 57.0 Å². The first-order chi connectivity index (χ1) is 29.3. The second-order valence-corrected chi connectivity index (χ2v) is 15.9. The van der Waals surface area contributed by atoms with Gasteiger partial charge in [-0.15, -0.1) is 0 Å². The molecule has 4 heterocycles. The Morgan fingerprint density at radius 1 is 0.356 bits per heavy atom. The SMILES string of the molecule is c1ccc(-c2ccc(N(c3cccc4nsnc34)c3ccc(-c4ccc(-c5ccc6c7ccccc7n(-c7ccccc7)c6c5)cc4)c4nsnc34)c3nsnc23)cc1. The van der Waals surface area contributed by atoms with Gasteiger partial charge in [0.15, 0.2) is 0 Å². The van der Waals surface area contributed by atoms with Crippen LogP contribution >= 0.6 is 35.2 Å². The summed E-state index contributed by atoms with van der Waals surface area (Å²) >= 11 is 3.64. The molecule has 0 aliphatic carbocycles. The molecule has 0 saturated heterocycles. The molecule has 0 radical (unpaired) electrons. The van der Waals surface area contributed by atoms with Crippen molar-refractivity contribution in [3.63, 3.8) is 0 Å². The smallest absolute Gasteiger partial charge is 0.129 e. The Bertz CT molecular complexity index is 3520. The number of hydrogen-bond donors (Lipinski definition) is 0. The molecule has 0 unspecified atom stereocenters. The lowest BCUT2D eigenvalue weighted by atomic mass is 9.98. The van der Waals surface area contributed by atoms with Crippen LogP contribution in [0.2, 0.25) is 0 Å². The summed E-state index contributed by atoms with van der Waals surface area (Å²) in [5.74, 6) is 0. The van der Waals surface area contributed by atoms with Gasteiger partial charge in [0.1, 0.15) is 33.1 Å². The average molecular weight is 813 g/mol. The summed E-state index contributed by atoms with van der Waals surface area (Å²) in [5.41, 5.74) is 17.5. The van der Waals surface area contributed by atoms with E-state index in [1.807, 2.05) is 30.3 Å². The van der Waals surface area contributed by atoms with Gasteiger partial charge in [0, 0.05) is 27.6 Å². The molecule has 12 rings (SSSR count). The third-order valence-corrected chi connectivity index (χ3v) is 12.7. The van der Waals surface area contributed by atoms with E-state index in [9.17, 15) is 0 Å². The number of hydrogen-bond acceptors (Lipinski definition) is 10. The van der Waals surface area contributed by atoms with Gasteiger partial charge in [0.2, 0.25) is 0 Å². The van der Waals surface area contributed by atoms with Crippen molar-refractivity contribution in [1.29, 1.82) is 0 Å². The van der Waals surface area contributed by atoms with Crippen molar-refractivity contribution < 1.29 is 0 Å². The first kappa shape index (κ1) is 33.9. The maximum Gasteiger partial charge on any atom is 0.129 e. The third-order valence-electron chi connectivity index (χ3n) is 11.1. The molecule has 11 heteroatoms. The van der Waals surface area contributed by atoms with E-state index in [2.05, 4.69) is 153 Å². The van der Waals surface area contributed by atoms with Crippen molar-refractivity contribution in [3.8, 4) is 39.1 Å². The zero-order valence-corrected chi connectivity index (χ0v) is 33.4. The lowest BCUT2D eigenvalue weighted by Gasteiger charge is -2.26. The first-order valence-electron chi connectivity index (χ1n) is 19.1.